The number of hydrogen-bond acceptors (Lipinski definition) is 4. The lowest BCUT2D eigenvalue weighted by molar-refractivity contribution is -0.122. The number of nitrogens with one attached hydrogen (secondary N) is 1. The molecule has 2 rings (SSSR count). The predicted molar refractivity (Wildman–Crippen MR) is 94.7 cm³/mol. The van der Waals surface area contributed by atoms with Crippen LogP contribution in [0, 0.1) is 6.92 Å². The van der Waals surface area contributed by atoms with Crippen molar-refractivity contribution in [3.05, 3.63) is 51.5 Å². The van der Waals surface area contributed by atoms with E-state index in [4.69, 9.17) is 27.9 Å². The van der Waals surface area contributed by atoms with Crippen LogP contribution >= 0.6 is 23.2 Å². The van der Waals surface area contributed by atoms with Crippen LogP contribution in [-0.4, -0.2) is 22.5 Å². The molecule has 0 fully saturated rings. The zero-order valence-corrected chi connectivity index (χ0v) is 15.3. The van der Waals surface area contributed by atoms with Gasteiger partial charge in [-0.05, 0) is 38.5 Å². The summed E-state index contributed by atoms with van der Waals surface area (Å²) in [7, 11) is 0. The molecule has 128 valence electrons. The van der Waals surface area contributed by atoms with Crippen LogP contribution in [0.1, 0.15) is 36.6 Å². The van der Waals surface area contributed by atoms with Gasteiger partial charge < -0.3 is 10.1 Å². The van der Waals surface area contributed by atoms with E-state index in [0.717, 1.165) is 11.1 Å². The average molecular weight is 368 g/mol. The fourth-order valence-corrected chi connectivity index (χ4v) is 2.57. The van der Waals surface area contributed by atoms with E-state index in [1.807, 2.05) is 19.9 Å². The van der Waals surface area contributed by atoms with E-state index in [1.54, 1.807) is 13.0 Å². The van der Waals surface area contributed by atoms with Gasteiger partial charge in [0.1, 0.15) is 5.75 Å². The summed E-state index contributed by atoms with van der Waals surface area (Å²) in [6.07, 6.45) is 3.03. The van der Waals surface area contributed by atoms with Gasteiger partial charge in [-0.1, -0.05) is 23.2 Å². The van der Waals surface area contributed by atoms with Crippen LogP contribution in [0.2, 0.25) is 10.2 Å². The largest absolute Gasteiger partial charge is 0.494 e. The molecule has 1 aromatic heterocycles. The van der Waals surface area contributed by atoms with Crippen molar-refractivity contribution >= 4 is 29.1 Å². The van der Waals surface area contributed by atoms with E-state index < -0.39 is 5.92 Å². The lowest BCUT2D eigenvalue weighted by Crippen LogP contribution is -2.28. The summed E-state index contributed by atoms with van der Waals surface area (Å²) in [6.45, 7) is 6.32. The Morgan fingerprint density at radius 1 is 1.29 bits per heavy atom. The van der Waals surface area contributed by atoms with Crippen LogP contribution < -0.4 is 10.1 Å². The first-order valence-corrected chi connectivity index (χ1v) is 8.35. The van der Waals surface area contributed by atoms with Crippen molar-refractivity contribution in [2.24, 2.45) is 0 Å². The van der Waals surface area contributed by atoms with E-state index in [9.17, 15) is 4.79 Å². The minimum absolute atomic E-state index is 0.169. The average Bonchev–Trinajstić information content (AvgIpc) is 2.56. The minimum atomic E-state index is -0.430. The molecule has 0 spiro atoms. The van der Waals surface area contributed by atoms with Crippen molar-refractivity contribution in [3.63, 3.8) is 0 Å². The highest BCUT2D eigenvalue weighted by molar-refractivity contribution is 6.31. The normalized spacial score (nSPS) is 11.9. The lowest BCUT2D eigenvalue weighted by atomic mass is 9.97. The number of carbonyl (C=O) groups excluding carboxylic acids is 1. The number of hydrogen-bond donors (Lipinski definition) is 1. The summed E-state index contributed by atoms with van der Waals surface area (Å²) >= 11 is 12.2. The summed E-state index contributed by atoms with van der Waals surface area (Å²) in [5.41, 5.74) is 2.17. The Bertz CT molecular complexity index is 738. The summed E-state index contributed by atoms with van der Waals surface area (Å²) in [5, 5.41) is 3.70. The van der Waals surface area contributed by atoms with Crippen LogP contribution in [0.5, 0.6) is 5.75 Å². The molecule has 0 aliphatic rings. The standard InChI is InChI=1S/C17H19Cl2N3O2/c1-4-24-15-7-10(2)13(18)8-12(15)11(3)17(23)22-9-14-16(19)21-6-5-20-14/h5-8,11H,4,9H2,1-3H3,(H,22,23). The number of rotatable bonds is 6. The molecule has 2 aromatic rings. The van der Waals surface area contributed by atoms with E-state index >= 15 is 0 Å². The molecule has 5 nitrogen and oxygen atoms in total. The zero-order chi connectivity index (χ0) is 17.7. The monoisotopic (exact) mass is 367 g/mol. The summed E-state index contributed by atoms with van der Waals surface area (Å²) < 4.78 is 5.64. The summed E-state index contributed by atoms with van der Waals surface area (Å²) in [6, 6.07) is 3.63. The highest BCUT2D eigenvalue weighted by Crippen LogP contribution is 2.32. The SMILES string of the molecule is CCOc1cc(C)c(Cl)cc1C(C)C(=O)NCc1nccnc1Cl. The van der Waals surface area contributed by atoms with Crippen molar-refractivity contribution < 1.29 is 9.53 Å². The number of carbonyl (C=O) groups is 1. The number of nitrogens with zero attached hydrogens (tertiary/aromatic N) is 2. The van der Waals surface area contributed by atoms with Gasteiger partial charge >= 0.3 is 0 Å². The second-order valence-electron chi connectivity index (χ2n) is 5.31. The Morgan fingerprint density at radius 3 is 2.67 bits per heavy atom. The number of benzene rings is 1. The number of halogens is 2. The number of amides is 1. The third kappa shape index (κ3) is 4.36. The molecule has 1 N–H and O–H groups in total. The van der Waals surface area contributed by atoms with Gasteiger partial charge in [0.05, 0.1) is 24.8 Å². The van der Waals surface area contributed by atoms with Gasteiger partial charge in [0.2, 0.25) is 5.91 Å². The molecule has 0 aliphatic carbocycles. The Morgan fingerprint density at radius 2 is 2.00 bits per heavy atom. The molecule has 1 aromatic carbocycles. The number of aromatic nitrogens is 2. The molecule has 0 aliphatic heterocycles. The molecule has 0 bridgehead atoms. The maximum Gasteiger partial charge on any atom is 0.227 e. The molecule has 1 amide bonds. The van der Waals surface area contributed by atoms with Crippen molar-refractivity contribution in [2.75, 3.05) is 6.61 Å². The topological polar surface area (TPSA) is 64.1 Å². The van der Waals surface area contributed by atoms with Crippen molar-refractivity contribution in [2.45, 2.75) is 33.2 Å². The highest BCUT2D eigenvalue weighted by atomic mass is 35.5. The maximum atomic E-state index is 12.5. The molecule has 0 saturated heterocycles. The Hall–Kier alpha value is -1.85. The van der Waals surface area contributed by atoms with Crippen LogP contribution in [0.15, 0.2) is 24.5 Å². The van der Waals surface area contributed by atoms with Gasteiger partial charge in [0.25, 0.3) is 0 Å². The molecule has 0 saturated carbocycles. The Balaban J connectivity index is 2.15. The first-order valence-electron chi connectivity index (χ1n) is 7.60. The molecule has 24 heavy (non-hydrogen) atoms. The van der Waals surface area contributed by atoms with E-state index in [-0.39, 0.29) is 17.6 Å². The van der Waals surface area contributed by atoms with Gasteiger partial charge in [0.15, 0.2) is 5.15 Å². The van der Waals surface area contributed by atoms with Gasteiger partial charge in [-0.15, -0.1) is 0 Å². The zero-order valence-electron chi connectivity index (χ0n) is 13.8. The molecular weight excluding hydrogens is 349 g/mol. The van der Waals surface area contributed by atoms with Gasteiger partial charge in [-0.2, -0.15) is 0 Å². The van der Waals surface area contributed by atoms with Gasteiger partial charge in [0, 0.05) is 23.0 Å². The Labute approximate surface area is 151 Å². The molecule has 1 heterocycles. The van der Waals surface area contributed by atoms with Crippen LogP contribution in [0.4, 0.5) is 0 Å². The van der Waals surface area contributed by atoms with E-state index in [1.165, 1.54) is 12.4 Å². The van der Waals surface area contributed by atoms with Crippen molar-refractivity contribution in [1.82, 2.24) is 15.3 Å². The highest BCUT2D eigenvalue weighted by Gasteiger charge is 2.21. The third-order valence-corrected chi connectivity index (χ3v) is 4.33. The lowest BCUT2D eigenvalue weighted by Gasteiger charge is -2.18. The first kappa shape index (κ1) is 18.5. The predicted octanol–water partition coefficient (Wildman–Crippen LogP) is 3.91. The van der Waals surface area contributed by atoms with Gasteiger partial charge in [-0.25, -0.2) is 4.98 Å². The molecule has 1 atom stereocenters. The van der Waals surface area contributed by atoms with Crippen LogP contribution in [-0.2, 0) is 11.3 Å². The van der Waals surface area contributed by atoms with Crippen LogP contribution in [0.25, 0.3) is 0 Å². The quantitative estimate of drug-likeness (QED) is 0.840. The first-order chi connectivity index (χ1) is 11.4. The fraction of sp³-hybridized carbons (Fsp3) is 0.353. The molecule has 1 unspecified atom stereocenters. The smallest absolute Gasteiger partial charge is 0.227 e. The molecule has 7 heteroatoms. The van der Waals surface area contributed by atoms with Crippen molar-refractivity contribution in [3.8, 4) is 5.75 Å². The van der Waals surface area contributed by atoms with Crippen molar-refractivity contribution in [1.29, 1.82) is 0 Å². The molecular formula is C17H19Cl2N3O2. The number of ether oxygens (including phenoxy) is 1. The second kappa shape index (κ2) is 8.31. The maximum absolute atomic E-state index is 12.5. The van der Waals surface area contributed by atoms with E-state index in [0.29, 0.717) is 23.1 Å². The molecule has 0 radical (unpaired) electrons. The number of aryl methyl sites for hydroxylation is 1. The van der Waals surface area contributed by atoms with E-state index in [2.05, 4.69) is 15.3 Å². The minimum Gasteiger partial charge on any atom is -0.494 e. The van der Waals surface area contributed by atoms with Gasteiger partial charge in [-0.3, -0.25) is 9.78 Å². The third-order valence-electron chi connectivity index (χ3n) is 3.60. The van der Waals surface area contributed by atoms with Crippen LogP contribution in [0.3, 0.4) is 0 Å². The Kier molecular flexibility index (Phi) is 6.40. The fourth-order valence-electron chi connectivity index (χ4n) is 2.22. The second-order valence-corrected chi connectivity index (χ2v) is 6.07. The summed E-state index contributed by atoms with van der Waals surface area (Å²) in [5.74, 6) is 0.0669. The summed E-state index contributed by atoms with van der Waals surface area (Å²) in [4.78, 5) is 20.5.